The molecule has 1 atom stereocenters. The largest absolute Gasteiger partial charge is 0.490 e. The molecule has 3 aromatic carbocycles. The molecule has 0 spiro atoms. The van der Waals surface area contributed by atoms with Gasteiger partial charge in [-0.2, -0.15) is 0 Å². The van der Waals surface area contributed by atoms with E-state index in [2.05, 4.69) is 5.32 Å². The van der Waals surface area contributed by atoms with Crippen molar-refractivity contribution in [2.24, 2.45) is 0 Å². The van der Waals surface area contributed by atoms with E-state index in [0.717, 1.165) is 16.7 Å². The van der Waals surface area contributed by atoms with E-state index in [0.29, 0.717) is 54.1 Å². The summed E-state index contributed by atoms with van der Waals surface area (Å²) in [6, 6.07) is 20.0. The van der Waals surface area contributed by atoms with Crippen molar-refractivity contribution in [3.63, 3.8) is 0 Å². The van der Waals surface area contributed by atoms with Crippen LogP contribution in [0, 0.1) is 0 Å². The third kappa shape index (κ3) is 8.91. The Balaban J connectivity index is 1.90. The van der Waals surface area contributed by atoms with Crippen molar-refractivity contribution in [1.82, 2.24) is 10.2 Å². The number of likely N-dealkylation sites (N-methyl/N-ethyl adjacent to an activating group) is 1. The van der Waals surface area contributed by atoms with E-state index in [9.17, 15) is 9.59 Å². The quantitative estimate of drug-likeness (QED) is 0.240. The molecule has 3 aromatic rings. The van der Waals surface area contributed by atoms with Gasteiger partial charge in [0.05, 0.1) is 23.3 Å². The summed E-state index contributed by atoms with van der Waals surface area (Å²) in [7, 11) is 0. The van der Waals surface area contributed by atoms with E-state index < -0.39 is 6.04 Å². The Bertz CT molecular complexity index is 1240. The average molecular weight is 572 g/mol. The molecular weight excluding hydrogens is 535 g/mol. The van der Waals surface area contributed by atoms with Gasteiger partial charge in [0, 0.05) is 25.9 Å². The highest BCUT2D eigenvalue weighted by Crippen LogP contribution is 2.29. The maximum atomic E-state index is 13.8. The van der Waals surface area contributed by atoms with Crippen LogP contribution in [0.25, 0.3) is 0 Å². The molecule has 0 aliphatic rings. The summed E-state index contributed by atoms with van der Waals surface area (Å²) >= 11 is 12.4. The summed E-state index contributed by atoms with van der Waals surface area (Å²) in [5.41, 5.74) is 2.70. The molecule has 208 valence electrons. The lowest BCUT2D eigenvalue weighted by Gasteiger charge is -2.31. The highest BCUT2D eigenvalue weighted by Gasteiger charge is 2.30. The van der Waals surface area contributed by atoms with Gasteiger partial charge in [0.2, 0.25) is 11.8 Å². The number of aryl methyl sites for hydroxylation is 1. The second-order valence-electron chi connectivity index (χ2n) is 9.02. The van der Waals surface area contributed by atoms with Gasteiger partial charge < -0.3 is 19.7 Å². The molecule has 0 fully saturated rings. The van der Waals surface area contributed by atoms with E-state index in [1.807, 2.05) is 75.4 Å². The number of nitrogens with zero attached hydrogens (tertiary/aromatic N) is 1. The van der Waals surface area contributed by atoms with Crippen LogP contribution in [0.1, 0.15) is 43.9 Å². The van der Waals surface area contributed by atoms with Crippen LogP contribution in [0.3, 0.4) is 0 Å². The molecule has 8 heteroatoms. The van der Waals surface area contributed by atoms with Crippen LogP contribution >= 0.6 is 23.2 Å². The second-order valence-corrected chi connectivity index (χ2v) is 9.83. The summed E-state index contributed by atoms with van der Waals surface area (Å²) < 4.78 is 11.4. The first-order valence-electron chi connectivity index (χ1n) is 13.3. The standard InChI is InChI=1S/C31H36Cl2N2O4/c1-4-34-31(37)27(19-22-10-8-7-9-11-22)35(21-24-12-15-25(32)26(33)18-24)30(36)17-14-23-13-16-28(38-5-2)29(20-23)39-6-3/h7-13,15-16,18,20,27H,4-6,14,17,19,21H2,1-3H3,(H,34,37). The Kier molecular flexibility index (Phi) is 12.0. The fraction of sp³-hybridized carbons (Fsp3) is 0.355. The van der Waals surface area contributed by atoms with Gasteiger partial charge in [-0.05, 0) is 68.1 Å². The van der Waals surface area contributed by atoms with E-state index in [4.69, 9.17) is 32.7 Å². The highest BCUT2D eigenvalue weighted by atomic mass is 35.5. The molecule has 0 aliphatic carbocycles. The zero-order valence-electron chi connectivity index (χ0n) is 22.7. The number of carbonyl (C=O) groups is 2. The second kappa shape index (κ2) is 15.4. The number of hydrogen-bond donors (Lipinski definition) is 1. The van der Waals surface area contributed by atoms with Crippen molar-refractivity contribution in [1.29, 1.82) is 0 Å². The highest BCUT2D eigenvalue weighted by molar-refractivity contribution is 6.42. The van der Waals surface area contributed by atoms with Crippen LogP contribution in [0.5, 0.6) is 11.5 Å². The first kappa shape index (κ1) is 30.3. The molecule has 39 heavy (non-hydrogen) atoms. The summed E-state index contributed by atoms with van der Waals surface area (Å²) in [5, 5.41) is 3.74. The van der Waals surface area contributed by atoms with Gasteiger partial charge in [0.1, 0.15) is 6.04 Å². The van der Waals surface area contributed by atoms with Gasteiger partial charge in [-0.15, -0.1) is 0 Å². The molecular formula is C31H36Cl2N2O4. The molecule has 0 radical (unpaired) electrons. The Hall–Kier alpha value is -3.22. The average Bonchev–Trinajstić information content (AvgIpc) is 2.93. The molecule has 3 rings (SSSR count). The first-order valence-corrected chi connectivity index (χ1v) is 14.0. The maximum absolute atomic E-state index is 13.8. The number of amides is 2. The van der Waals surface area contributed by atoms with Crippen molar-refractivity contribution >= 4 is 35.0 Å². The lowest BCUT2D eigenvalue weighted by Crippen LogP contribution is -2.50. The van der Waals surface area contributed by atoms with Gasteiger partial charge in [0.25, 0.3) is 0 Å². The smallest absolute Gasteiger partial charge is 0.243 e. The predicted molar refractivity (Wildman–Crippen MR) is 157 cm³/mol. The Labute approximate surface area is 241 Å². The predicted octanol–water partition coefficient (Wildman–Crippen LogP) is 6.50. The molecule has 1 N–H and O–H groups in total. The van der Waals surface area contributed by atoms with Crippen molar-refractivity contribution < 1.29 is 19.1 Å². The summed E-state index contributed by atoms with van der Waals surface area (Å²) in [6.07, 6.45) is 1.08. The monoisotopic (exact) mass is 570 g/mol. The normalized spacial score (nSPS) is 11.5. The molecule has 0 aliphatic heterocycles. The minimum absolute atomic E-state index is 0.139. The number of carbonyl (C=O) groups excluding carboxylic acids is 2. The van der Waals surface area contributed by atoms with Gasteiger partial charge in [-0.3, -0.25) is 9.59 Å². The maximum Gasteiger partial charge on any atom is 0.243 e. The fourth-order valence-corrected chi connectivity index (χ4v) is 4.65. The number of ether oxygens (including phenoxy) is 2. The zero-order chi connectivity index (χ0) is 28.2. The minimum Gasteiger partial charge on any atom is -0.490 e. The number of nitrogens with one attached hydrogen (secondary N) is 1. The van der Waals surface area contributed by atoms with Crippen LogP contribution in [0.15, 0.2) is 66.7 Å². The molecule has 0 heterocycles. The van der Waals surface area contributed by atoms with Gasteiger partial charge in [0.15, 0.2) is 11.5 Å². The molecule has 1 unspecified atom stereocenters. The van der Waals surface area contributed by atoms with Crippen molar-refractivity contribution in [3.05, 3.63) is 93.5 Å². The Morgan fingerprint density at radius 3 is 2.18 bits per heavy atom. The molecule has 6 nitrogen and oxygen atoms in total. The Morgan fingerprint density at radius 1 is 0.821 bits per heavy atom. The van der Waals surface area contributed by atoms with Crippen LogP contribution in [0.2, 0.25) is 10.0 Å². The summed E-state index contributed by atoms with van der Waals surface area (Å²) in [4.78, 5) is 28.8. The third-order valence-corrected chi connectivity index (χ3v) is 6.93. The molecule has 0 saturated heterocycles. The van der Waals surface area contributed by atoms with Crippen LogP contribution < -0.4 is 14.8 Å². The van der Waals surface area contributed by atoms with E-state index >= 15 is 0 Å². The lowest BCUT2D eigenvalue weighted by atomic mass is 10.0. The van der Waals surface area contributed by atoms with Crippen LogP contribution in [-0.2, 0) is 29.0 Å². The number of benzene rings is 3. The minimum atomic E-state index is -0.700. The molecule has 0 saturated carbocycles. The van der Waals surface area contributed by atoms with E-state index in [-0.39, 0.29) is 24.8 Å². The number of hydrogen-bond acceptors (Lipinski definition) is 4. The van der Waals surface area contributed by atoms with Gasteiger partial charge >= 0.3 is 0 Å². The van der Waals surface area contributed by atoms with Gasteiger partial charge in [-0.25, -0.2) is 0 Å². The number of rotatable bonds is 14. The van der Waals surface area contributed by atoms with Gasteiger partial charge in [-0.1, -0.05) is 65.7 Å². The topological polar surface area (TPSA) is 67.9 Å². The van der Waals surface area contributed by atoms with E-state index in [1.165, 1.54) is 0 Å². The number of halogens is 2. The van der Waals surface area contributed by atoms with Crippen molar-refractivity contribution in [2.75, 3.05) is 19.8 Å². The molecule has 0 bridgehead atoms. The molecule has 2 amide bonds. The van der Waals surface area contributed by atoms with Crippen LogP contribution in [0.4, 0.5) is 0 Å². The summed E-state index contributed by atoms with van der Waals surface area (Å²) in [5.74, 6) is 0.991. The Morgan fingerprint density at radius 2 is 1.51 bits per heavy atom. The lowest BCUT2D eigenvalue weighted by molar-refractivity contribution is -0.141. The van der Waals surface area contributed by atoms with Crippen LogP contribution in [-0.4, -0.2) is 42.5 Å². The SMILES string of the molecule is CCNC(=O)C(Cc1ccccc1)N(Cc1ccc(Cl)c(Cl)c1)C(=O)CCc1ccc(OCC)c(OCC)c1. The fourth-order valence-electron chi connectivity index (χ4n) is 4.33. The zero-order valence-corrected chi connectivity index (χ0v) is 24.2. The first-order chi connectivity index (χ1) is 18.9. The molecule has 0 aromatic heterocycles. The summed E-state index contributed by atoms with van der Waals surface area (Å²) in [6.45, 7) is 7.43. The van der Waals surface area contributed by atoms with Crippen molar-refractivity contribution in [2.45, 2.75) is 52.6 Å². The van der Waals surface area contributed by atoms with E-state index in [1.54, 1.807) is 17.0 Å². The third-order valence-electron chi connectivity index (χ3n) is 6.19. The van der Waals surface area contributed by atoms with Crippen molar-refractivity contribution in [3.8, 4) is 11.5 Å².